The molecule has 0 bridgehead atoms. The standard InChI is InChI=1S/C12H19N3O2S/c1-8(18(3,16)17)12-14-7-9-10(13-2)5-4-6-11(9)15-12/h7-8,10,13H,4-6H2,1-3H3. The average molecular weight is 269 g/mol. The van der Waals surface area contributed by atoms with Crippen molar-refractivity contribution in [3.8, 4) is 0 Å². The number of hydrogen-bond donors (Lipinski definition) is 1. The molecule has 0 fully saturated rings. The molecule has 1 aliphatic carbocycles. The molecular weight excluding hydrogens is 250 g/mol. The third kappa shape index (κ3) is 2.54. The zero-order valence-corrected chi connectivity index (χ0v) is 11.8. The van der Waals surface area contributed by atoms with E-state index in [4.69, 9.17) is 0 Å². The van der Waals surface area contributed by atoms with Gasteiger partial charge in [0.2, 0.25) is 0 Å². The Bertz CT molecular complexity index is 542. The monoisotopic (exact) mass is 269 g/mol. The van der Waals surface area contributed by atoms with Crippen molar-refractivity contribution in [2.24, 2.45) is 0 Å². The summed E-state index contributed by atoms with van der Waals surface area (Å²) in [7, 11) is -1.22. The van der Waals surface area contributed by atoms with Crippen LogP contribution >= 0.6 is 0 Å². The van der Waals surface area contributed by atoms with Gasteiger partial charge in [-0.2, -0.15) is 0 Å². The summed E-state index contributed by atoms with van der Waals surface area (Å²) >= 11 is 0. The molecule has 1 aliphatic rings. The van der Waals surface area contributed by atoms with Crippen molar-refractivity contribution in [3.63, 3.8) is 0 Å². The summed E-state index contributed by atoms with van der Waals surface area (Å²) in [6, 6.07) is 0.288. The van der Waals surface area contributed by atoms with Crippen molar-refractivity contribution in [2.45, 2.75) is 37.5 Å². The van der Waals surface area contributed by atoms with E-state index >= 15 is 0 Å². The lowest BCUT2D eigenvalue weighted by Crippen LogP contribution is -2.24. The molecule has 18 heavy (non-hydrogen) atoms. The van der Waals surface area contributed by atoms with Crippen LogP contribution in [0.25, 0.3) is 0 Å². The topological polar surface area (TPSA) is 72.0 Å². The number of aromatic nitrogens is 2. The molecule has 6 heteroatoms. The van der Waals surface area contributed by atoms with Gasteiger partial charge in [0.1, 0.15) is 11.1 Å². The van der Waals surface area contributed by atoms with Crippen LogP contribution in [0.1, 0.15) is 48.1 Å². The second-order valence-corrected chi connectivity index (χ2v) is 7.20. The third-order valence-electron chi connectivity index (χ3n) is 3.55. The minimum absolute atomic E-state index is 0.288. The second kappa shape index (κ2) is 4.93. The number of nitrogens with zero attached hydrogens (tertiary/aromatic N) is 2. The van der Waals surface area contributed by atoms with E-state index in [-0.39, 0.29) is 6.04 Å². The fraction of sp³-hybridized carbons (Fsp3) is 0.667. The number of sulfone groups is 1. The van der Waals surface area contributed by atoms with Gasteiger partial charge in [0, 0.05) is 29.8 Å². The van der Waals surface area contributed by atoms with Gasteiger partial charge in [-0.05, 0) is 33.2 Å². The van der Waals surface area contributed by atoms with E-state index in [1.807, 2.05) is 7.05 Å². The molecule has 0 spiro atoms. The molecule has 1 aromatic heterocycles. The Labute approximate surface area is 108 Å². The first-order valence-corrected chi connectivity index (χ1v) is 8.10. The van der Waals surface area contributed by atoms with Gasteiger partial charge in [0.15, 0.2) is 9.84 Å². The minimum Gasteiger partial charge on any atom is -0.313 e. The van der Waals surface area contributed by atoms with E-state index in [2.05, 4.69) is 15.3 Å². The van der Waals surface area contributed by atoms with E-state index < -0.39 is 15.1 Å². The van der Waals surface area contributed by atoms with Crippen LogP contribution in [0, 0.1) is 0 Å². The van der Waals surface area contributed by atoms with Gasteiger partial charge in [-0.25, -0.2) is 18.4 Å². The van der Waals surface area contributed by atoms with Crippen LogP contribution in [0.5, 0.6) is 0 Å². The van der Waals surface area contributed by atoms with Crippen molar-refractivity contribution in [1.29, 1.82) is 0 Å². The fourth-order valence-electron chi connectivity index (χ4n) is 2.25. The zero-order valence-electron chi connectivity index (χ0n) is 11.0. The smallest absolute Gasteiger partial charge is 0.157 e. The van der Waals surface area contributed by atoms with Gasteiger partial charge in [0.25, 0.3) is 0 Å². The average Bonchev–Trinajstić information content (AvgIpc) is 2.35. The predicted molar refractivity (Wildman–Crippen MR) is 70.0 cm³/mol. The van der Waals surface area contributed by atoms with E-state index in [0.717, 1.165) is 30.5 Å². The second-order valence-electron chi connectivity index (χ2n) is 4.84. The molecule has 0 aromatic carbocycles. The summed E-state index contributed by atoms with van der Waals surface area (Å²) in [6.45, 7) is 1.63. The lowest BCUT2D eigenvalue weighted by molar-refractivity contribution is 0.485. The van der Waals surface area contributed by atoms with Crippen molar-refractivity contribution >= 4 is 9.84 Å². The van der Waals surface area contributed by atoms with Gasteiger partial charge in [-0.1, -0.05) is 0 Å². The number of hydrogen-bond acceptors (Lipinski definition) is 5. The summed E-state index contributed by atoms with van der Waals surface area (Å²) in [5, 5.41) is 2.60. The van der Waals surface area contributed by atoms with Crippen LogP contribution in [-0.4, -0.2) is 31.7 Å². The van der Waals surface area contributed by atoms with Crippen molar-refractivity contribution in [2.75, 3.05) is 13.3 Å². The maximum absolute atomic E-state index is 11.5. The van der Waals surface area contributed by atoms with Gasteiger partial charge >= 0.3 is 0 Å². The first-order valence-electron chi connectivity index (χ1n) is 6.15. The van der Waals surface area contributed by atoms with Crippen LogP contribution in [0.4, 0.5) is 0 Å². The SMILES string of the molecule is CNC1CCCc2nc(C(C)S(C)(=O)=O)ncc21. The lowest BCUT2D eigenvalue weighted by atomic mass is 9.92. The van der Waals surface area contributed by atoms with Crippen LogP contribution in [0.3, 0.4) is 0 Å². The van der Waals surface area contributed by atoms with Crippen LogP contribution in [0.15, 0.2) is 6.20 Å². The van der Waals surface area contributed by atoms with Gasteiger partial charge < -0.3 is 5.32 Å². The molecule has 0 saturated heterocycles. The third-order valence-corrected chi connectivity index (χ3v) is 5.05. The molecule has 0 saturated carbocycles. The van der Waals surface area contributed by atoms with Crippen LogP contribution in [0.2, 0.25) is 0 Å². The minimum atomic E-state index is -3.14. The van der Waals surface area contributed by atoms with Crippen LogP contribution in [-0.2, 0) is 16.3 Å². The largest absolute Gasteiger partial charge is 0.313 e. The Morgan fingerprint density at radius 2 is 2.22 bits per heavy atom. The first-order chi connectivity index (χ1) is 8.43. The molecule has 0 amide bonds. The Morgan fingerprint density at radius 1 is 1.50 bits per heavy atom. The highest BCUT2D eigenvalue weighted by Gasteiger charge is 2.25. The zero-order chi connectivity index (χ0) is 13.3. The Hall–Kier alpha value is -1.01. The van der Waals surface area contributed by atoms with Crippen molar-refractivity contribution in [3.05, 3.63) is 23.3 Å². The predicted octanol–water partition coefficient (Wildman–Crippen LogP) is 1.18. The number of nitrogens with one attached hydrogen (secondary N) is 1. The summed E-state index contributed by atoms with van der Waals surface area (Å²) in [6.07, 6.45) is 6.05. The highest BCUT2D eigenvalue weighted by Crippen LogP contribution is 2.29. The van der Waals surface area contributed by atoms with Gasteiger partial charge in [0.05, 0.1) is 0 Å². The molecule has 1 heterocycles. The molecule has 2 atom stereocenters. The summed E-state index contributed by atoms with van der Waals surface area (Å²) in [5.41, 5.74) is 2.09. The van der Waals surface area contributed by atoms with E-state index in [1.54, 1.807) is 13.1 Å². The fourth-order valence-corrected chi connectivity index (χ4v) is 2.75. The first kappa shape index (κ1) is 13.4. The Morgan fingerprint density at radius 3 is 2.83 bits per heavy atom. The molecule has 1 aromatic rings. The maximum Gasteiger partial charge on any atom is 0.157 e. The molecule has 0 radical (unpaired) electrons. The summed E-state index contributed by atoms with van der Waals surface area (Å²) < 4.78 is 23.1. The molecule has 0 aliphatic heterocycles. The molecule has 100 valence electrons. The quantitative estimate of drug-likeness (QED) is 0.892. The molecular formula is C12H19N3O2S. The maximum atomic E-state index is 11.5. The summed E-state index contributed by atoms with van der Waals surface area (Å²) in [5.74, 6) is 0.410. The Balaban J connectivity index is 2.39. The lowest BCUT2D eigenvalue weighted by Gasteiger charge is -2.24. The number of fused-ring (bicyclic) bond motifs is 1. The highest BCUT2D eigenvalue weighted by atomic mass is 32.2. The van der Waals surface area contributed by atoms with Gasteiger partial charge in [-0.3, -0.25) is 0 Å². The number of rotatable bonds is 3. The van der Waals surface area contributed by atoms with E-state index in [1.165, 1.54) is 6.26 Å². The van der Waals surface area contributed by atoms with Crippen molar-refractivity contribution < 1.29 is 8.42 Å². The van der Waals surface area contributed by atoms with E-state index in [0.29, 0.717) is 5.82 Å². The van der Waals surface area contributed by atoms with Crippen LogP contribution < -0.4 is 5.32 Å². The Kier molecular flexibility index (Phi) is 3.68. The normalized spacial score (nSPS) is 21.4. The molecule has 2 rings (SSSR count). The van der Waals surface area contributed by atoms with Gasteiger partial charge in [-0.15, -0.1) is 0 Å². The molecule has 1 N–H and O–H groups in total. The highest BCUT2D eigenvalue weighted by molar-refractivity contribution is 7.90. The van der Waals surface area contributed by atoms with Crippen molar-refractivity contribution in [1.82, 2.24) is 15.3 Å². The van der Waals surface area contributed by atoms with E-state index in [9.17, 15) is 8.42 Å². The molecule has 2 unspecified atom stereocenters. The summed E-state index contributed by atoms with van der Waals surface area (Å²) in [4.78, 5) is 8.67. The molecule has 5 nitrogen and oxygen atoms in total. The number of aryl methyl sites for hydroxylation is 1.